The van der Waals surface area contributed by atoms with E-state index in [0.717, 1.165) is 6.54 Å². The van der Waals surface area contributed by atoms with Crippen LogP contribution in [0.5, 0.6) is 0 Å². The molecule has 0 bridgehead atoms. The van der Waals surface area contributed by atoms with Crippen molar-refractivity contribution >= 4 is 11.8 Å². The lowest BCUT2D eigenvalue weighted by atomic mass is 9.88. The third kappa shape index (κ3) is 8.63. The highest BCUT2D eigenvalue weighted by Crippen LogP contribution is 2.22. The molecule has 1 nitrogen and oxygen atoms in total. The molecule has 0 heterocycles. The average Bonchev–Trinajstić information content (AvgIpc) is 2.02. The second-order valence-electron chi connectivity index (χ2n) is 4.80. The molecule has 0 amide bonds. The first kappa shape index (κ1) is 13.3. The fraction of sp³-hybridized carbons (Fsp3) is 1.00. The maximum Gasteiger partial charge on any atom is 0.00106 e. The standard InChI is InChI=1S/C11H25NS/c1-10(2)12-9-11(3,4)7-6-8-13-5/h10,12H,6-9H2,1-5H3. The van der Waals surface area contributed by atoms with Gasteiger partial charge in [-0.05, 0) is 30.3 Å². The second kappa shape index (κ2) is 6.72. The van der Waals surface area contributed by atoms with Crippen LogP contribution >= 0.6 is 11.8 Å². The van der Waals surface area contributed by atoms with E-state index in [0.29, 0.717) is 11.5 Å². The van der Waals surface area contributed by atoms with E-state index in [4.69, 9.17) is 0 Å². The van der Waals surface area contributed by atoms with Crippen LogP contribution in [0.3, 0.4) is 0 Å². The lowest BCUT2D eigenvalue weighted by Crippen LogP contribution is -2.33. The number of thioether (sulfide) groups is 1. The molecule has 13 heavy (non-hydrogen) atoms. The molecule has 2 heteroatoms. The molecular weight excluding hydrogens is 178 g/mol. The quantitative estimate of drug-likeness (QED) is 0.638. The molecule has 0 aromatic carbocycles. The van der Waals surface area contributed by atoms with E-state index in [1.165, 1.54) is 18.6 Å². The van der Waals surface area contributed by atoms with Crippen molar-refractivity contribution in [1.82, 2.24) is 5.32 Å². The van der Waals surface area contributed by atoms with Gasteiger partial charge in [0.25, 0.3) is 0 Å². The monoisotopic (exact) mass is 203 g/mol. The fourth-order valence-corrected chi connectivity index (χ4v) is 1.70. The van der Waals surface area contributed by atoms with E-state index in [-0.39, 0.29) is 0 Å². The molecule has 0 saturated carbocycles. The van der Waals surface area contributed by atoms with E-state index in [1.54, 1.807) is 0 Å². The van der Waals surface area contributed by atoms with Gasteiger partial charge in [-0.2, -0.15) is 11.8 Å². The molecule has 0 unspecified atom stereocenters. The maximum atomic E-state index is 3.51. The summed E-state index contributed by atoms with van der Waals surface area (Å²) < 4.78 is 0. The van der Waals surface area contributed by atoms with Gasteiger partial charge in [0, 0.05) is 12.6 Å². The largest absolute Gasteiger partial charge is 0.314 e. The van der Waals surface area contributed by atoms with Crippen LogP contribution in [0.25, 0.3) is 0 Å². The molecule has 80 valence electrons. The highest BCUT2D eigenvalue weighted by molar-refractivity contribution is 7.98. The Bertz CT molecular complexity index is 121. The predicted octanol–water partition coefficient (Wildman–Crippen LogP) is 3.15. The summed E-state index contributed by atoms with van der Waals surface area (Å²) in [5.74, 6) is 1.30. The molecule has 0 atom stereocenters. The topological polar surface area (TPSA) is 12.0 Å². The SMILES string of the molecule is CSCCCC(C)(C)CNC(C)C. The number of nitrogens with one attached hydrogen (secondary N) is 1. The van der Waals surface area contributed by atoms with Gasteiger partial charge in [0.2, 0.25) is 0 Å². The van der Waals surface area contributed by atoms with Gasteiger partial charge in [0.05, 0.1) is 0 Å². The third-order valence-corrected chi connectivity index (χ3v) is 2.89. The van der Waals surface area contributed by atoms with Crippen molar-refractivity contribution in [3.63, 3.8) is 0 Å². The highest BCUT2D eigenvalue weighted by Gasteiger charge is 2.16. The van der Waals surface area contributed by atoms with Crippen molar-refractivity contribution in [2.45, 2.75) is 46.6 Å². The minimum absolute atomic E-state index is 0.458. The van der Waals surface area contributed by atoms with Crippen molar-refractivity contribution in [1.29, 1.82) is 0 Å². The van der Waals surface area contributed by atoms with Crippen LogP contribution in [0, 0.1) is 5.41 Å². The summed E-state index contributed by atoms with van der Waals surface area (Å²) >= 11 is 1.95. The Kier molecular flexibility index (Phi) is 6.88. The molecule has 0 rings (SSSR count). The van der Waals surface area contributed by atoms with E-state index >= 15 is 0 Å². The minimum atomic E-state index is 0.458. The van der Waals surface area contributed by atoms with E-state index in [9.17, 15) is 0 Å². The molecule has 1 N–H and O–H groups in total. The Labute approximate surface area is 88.1 Å². The molecule has 0 spiro atoms. The third-order valence-electron chi connectivity index (χ3n) is 2.19. The Morgan fingerprint density at radius 2 is 1.92 bits per heavy atom. The molecule has 0 saturated heterocycles. The molecule has 0 aliphatic heterocycles. The van der Waals surface area contributed by atoms with Gasteiger partial charge in [-0.1, -0.05) is 27.7 Å². The molecule has 0 fully saturated rings. The van der Waals surface area contributed by atoms with E-state index in [2.05, 4.69) is 39.3 Å². The van der Waals surface area contributed by atoms with Crippen molar-refractivity contribution in [2.75, 3.05) is 18.6 Å². The van der Waals surface area contributed by atoms with Gasteiger partial charge >= 0.3 is 0 Å². The highest BCUT2D eigenvalue weighted by atomic mass is 32.2. The lowest BCUT2D eigenvalue weighted by Gasteiger charge is -2.26. The van der Waals surface area contributed by atoms with Crippen LogP contribution in [0.15, 0.2) is 0 Å². The molecule has 0 aliphatic carbocycles. The van der Waals surface area contributed by atoms with Crippen LogP contribution in [0.1, 0.15) is 40.5 Å². The van der Waals surface area contributed by atoms with Gasteiger partial charge in [0.15, 0.2) is 0 Å². The van der Waals surface area contributed by atoms with Gasteiger partial charge in [0.1, 0.15) is 0 Å². The summed E-state index contributed by atoms with van der Waals surface area (Å²) in [6.45, 7) is 10.3. The van der Waals surface area contributed by atoms with Gasteiger partial charge < -0.3 is 5.32 Å². The molecule has 0 aliphatic rings. The molecule has 0 aromatic heterocycles. The summed E-state index contributed by atoms with van der Waals surface area (Å²) in [4.78, 5) is 0. The van der Waals surface area contributed by atoms with Crippen LogP contribution in [-0.4, -0.2) is 24.6 Å². The molecule has 0 aromatic rings. The van der Waals surface area contributed by atoms with Gasteiger partial charge in [-0.25, -0.2) is 0 Å². The molecular formula is C11H25NS. The van der Waals surface area contributed by atoms with Crippen molar-refractivity contribution in [2.24, 2.45) is 5.41 Å². The summed E-state index contributed by atoms with van der Waals surface area (Å²) in [6.07, 6.45) is 4.85. The number of hydrogen-bond donors (Lipinski definition) is 1. The summed E-state index contributed by atoms with van der Waals surface area (Å²) in [5, 5.41) is 3.51. The summed E-state index contributed by atoms with van der Waals surface area (Å²) in [6, 6.07) is 0.611. The lowest BCUT2D eigenvalue weighted by molar-refractivity contribution is 0.302. The Morgan fingerprint density at radius 1 is 1.31 bits per heavy atom. The maximum absolute atomic E-state index is 3.51. The number of rotatable bonds is 7. The first-order chi connectivity index (χ1) is 5.98. The van der Waals surface area contributed by atoms with E-state index in [1.807, 2.05) is 11.8 Å². The molecule has 0 radical (unpaired) electrons. The van der Waals surface area contributed by atoms with Gasteiger partial charge in [-0.15, -0.1) is 0 Å². The number of hydrogen-bond acceptors (Lipinski definition) is 2. The van der Waals surface area contributed by atoms with Crippen LogP contribution in [0.2, 0.25) is 0 Å². The zero-order chi connectivity index (χ0) is 10.3. The fourth-order valence-electron chi connectivity index (χ4n) is 1.26. The average molecular weight is 203 g/mol. The Balaban J connectivity index is 3.54. The first-order valence-electron chi connectivity index (χ1n) is 5.20. The van der Waals surface area contributed by atoms with Crippen LogP contribution < -0.4 is 5.32 Å². The zero-order valence-corrected chi connectivity index (χ0v) is 10.6. The summed E-state index contributed by atoms with van der Waals surface area (Å²) in [7, 11) is 0. The summed E-state index contributed by atoms with van der Waals surface area (Å²) in [5.41, 5.74) is 0.458. The van der Waals surface area contributed by atoms with Crippen LogP contribution in [0.4, 0.5) is 0 Å². The zero-order valence-electron chi connectivity index (χ0n) is 9.81. The predicted molar refractivity (Wildman–Crippen MR) is 64.5 cm³/mol. The van der Waals surface area contributed by atoms with Crippen molar-refractivity contribution < 1.29 is 0 Å². The first-order valence-corrected chi connectivity index (χ1v) is 6.59. The van der Waals surface area contributed by atoms with Crippen molar-refractivity contribution in [3.05, 3.63) is 0 Å². The van der Waals surface area contributed by atoms with Crippen LogP contribution in [-0.2, 0) is 0 Å². The van der Waals surface area contributed by atoms with E-state index < -0.39 is 0 Å². The smallest absolute Gasteiger partial charge is 0.00106 e. The van der Waals surface area contributed by atoms with Gasteiger partial charge in [-0.3, -0.25) is 0 Å². The Morgan fingerprint density at radius 3 is 2.38 bits per heavy atom. The second-order valence-corrected chi connectivity index (χ2v) is 5.78. The minimum Gasteiger partial charge on any atom is -0.314 e. The Hall–Kier alpha value is 0.310. The normalized spacial score (nSPS) is 12.5. The van der Waals surface area contributed by atoms with Crippen molar-refractivity contribution in [3.8, 4) is 0 Å².